The maximum atomic E-state index is 12.4. The Labute approximate surface area is 235 Å². The molecule has 0 unspecified atom stereocenters. The Morgan fingerprint density at radius 2 is 1.43 bits per heavy atom. The summed E-state index contributed by atoms with van der Waals surface area (Å²) in [5.41, 5.74) is 4.52. The fourth-order valence-electron chi connectivity index (χ4n) is 4.02. The summed E-state index contributed by atoms with van der Waals surface area (Å²) in [4.78, 5) is 16.2. The van der Waals surface area contributed by atoms with E-state index in [1.807, 2.05) is 54.6 Å². The number of aromatic nitrogens is 1. The summed E-state index contributed by atoms with van der Waals surface area (Å²) in [5, 5.41) is 8.16. The number of rotatable bonds is 10. The third kappa shape index (κ3) is 9.78. The number of carbonyl (C=O) groups is 1. The highest BCUT2D eigenvalue weighted by Crippen LogP contribution is 2.34. The van der Waals surface area contributed by atoms with E-state index in [1.54, 1.807) is 12.1 Å². The van der Waals surface area contributed by atoms with Crippen molar-refractivity contribution in [2.45, 2.75) is 39.5 Å². The zero-order valence-corrected chi connectivity index (χ0v) is 24.3. The molecule has 1 aromatic heterocycles. The molecular weight excluding hydrogens is 552 g/mol. The predicted octanol–water partition coefficient (Wildman–Crippen LogP) is 5.92. The molecule has 0 aliphatic carbocycles. The fourth-order valence-corrected chi connectivity index (χ4v) is 5.21. The smallest absolute Gasteiger partial charge is 0.261 e. The van der Waals surface area contributed by atoms with Crippen molar-refractivity contribution in [2.24, 2.45) is 0 Å². The summed E-state index contributed by atoms with van der Waals surface area (Å²) in [6.45, 7) is 3.57. The quantitative estimate of drug-likeness (QED) is 0.101. The van der Waals surface area contributed by atoms with Crippen LogP contribution in [0, 0.1) is 0 Å². The maximum Gasteiger partial charge on any atom is 0.261 e. The van der Waals surface area contributed by atoms with Gasteiger partial charge < -0.3 is 10.6 Å². The fraction of sp³-hybridized carbons (Fsp3) is 0.286. The molecule has 3 aromatic carbocycles. The number of unbranched alkanes of at least 4 members (excludes halogenated alkanes) is 3. The van der Waals surface area contributed by atoms with Gasteiger partial charge in [0.2, 0.25) is 15.9 Å². The van der Waals surface area contributed by atoms with E-state index in [0.717, 1.165) is 52.4 Å². The Hall–Kier alpha value is -3.74. The first-order chi connectivity index (χ1) is 18.8. The Balaban J connectivity index is 0.000000810. The molecule has 1 heterocycles. The van der Waals surface area contributed by atoms with Crippen LogP contribution < -0.4 is 15.4 Å². The van der Waals surface area contributed by atoms with Gasteiger partial charge in [0, 0.05) is 34.8 Å². The number of fused-ring (bicyclic) bond motifs is 2. The number of anilines is 4. The molecule has 40 heavy (non-hydrogen) atoms. The van der Waals surface area contributed by atoms with E-state index in [-0.39, 0.29) is 11.7 Å². The molecule has 0 bridgehead atoms. The van der Waals surface area contributed by atoms with Crippen LogP contribution in [0.25, 0.3) is 21.8 Å². The van der Waals surface area contributed by atoms with Gasteiger partial charge in [-0.3, -0.25) is 14.1 Å². The molecule has 0 radical (unpaired) electrons. The Morgan fingerprint density at radius 3 is 2.08 bits per heavy atom. The van der Waals surface area contributed by atoms with E-state index in [4.69, 9.17) is 9.54 Å². The van der Waals surface area contributed by atoms with Crippen LogP contribution in [0.4, 0.5) is 22.7 Å². The summed E-state index contributed by atoms with van der Waals surface area (Å²) in [6.07, 6.45) is 4.41. The molecule has 0 aliphatic rings. The molecule has 12 heteroatoms. The summed E-state index contributed by atoms with van der Waals surface area (Å²) in [6, 6.07) is 20.7. The molecule has 4 aromatic rings. The van der Waals surface area contributed by atoms with Gasteiger partial charge in [0.05, 0.1) is 28.7 Å². The van der Waals surface area contributed by atoms with Crippen molar-refractivity contribution >= 4 is 70.6 Å². The van der Waals surface area contributed by atoms with Crippen molar-refractivity contribution in [2.75, 3.05) is 27.4 Å². The van der Waals surface area contributed by atoms with Crippen molar-refractivity contribution < 1.29 is 26.2 Å². The van der Waals surface area contributed by atoms with E-state index in [9.17, 15) is 21.6 Å². The normalized spacial score (nSPS) is 11.5. The van der Waals surface area contributed by atoms with Gasteiger partial charge in [-0.1, -0.05) is 44.4 Å². The molecule has 0 aliphatic heterocycles. The number of nitrogens with one attached hydrogen (secondary N) is 3. The number of amides is 1. The van der Waals surface area contributed by atoms with E-state index >= 15 is 0 Å². The molecule has 4 N–H and O–H groups in total. The molecule has 4 rings (SSSR count). The summed E-state index contributed by atoms with van der Waals surface area (Å²) < 4.78 is 53.3. The van der Waals surface area contributed by atoms with Gasteiger partial charge in [-0.2, -0.15) is 8.42 Å². The van der Waals surface area contributed by atoms with Crippen LogP contribution >= 0.6 is 0 Å². The summed E-state index contributed by atoms with van der Waals surface area (Å²) >= 11 is 0. The predicted molar refractivity (Wildman–Crippen MR) is 162 cm³/mol. The van der Waals surface area contributed by atoms with Crippen LogP contribution in [0.2, 0.25) is 0 Å². The maximum absolute atomic E-state index is 12.4. The third-order valence-corrected chi connectivity index (χ3v) is 7.07. The molecule has 0 saturated heterocycles. The number of carbonyl (C=O) groups excluding carboxylic acids is 1. The van der Waals surface area contributed by atoms with Crippen LogP contribution in [0.5, 0.6) is 0 Å². The van der Waals surface area contributed by atoms with Crippen LogP contribution in [-0.4, -0.2) is 44.3 Å². The molecule has 0 spiro atoms. The number of nitrogens with zero attached hydrogens (tertiary/aromatic N) is 1. The zero-order valence-electron chi connectivity index (χ0n) is 22.6. The minimum atomic E-state index is -3.67. The summed E-state index contributed by atoms with van der Waals surface area (Å²) in [5.74, 6) is -0.0113. The number of hydrogen-bond acceptors (Lipinski definition) is 7. The van der Waals surface area contributed by atoms with Gasteiger partial charge in [0.1, 0.15) is 0 Å². The molecule has 0 atom stereocenters. The number of sulfonamides is 1. The van der Waals surface area contributed by atoms with Crippen molar-refractivity contribution in [3.05, 3.63) is 66.7 Å². The van der Waals surface area contributed by atoms with E-state index < -0.39 is 20.1 Å². The number of pyridine rings is 1. The SMILES string of the molecule is CCCCCCS(=O)(=O)Nc1ccc(Nc2c3ccccc3nc3cc(NC(C)=O)ccc23)cc1.CS(=O)(=O)O. The van der Waals surface area contributed by atoms with E-state index in [1.165, 1.54) is 6.92 Å². The van der Waals surface area contributed by atoms with E-state index in [0.29, 0.717) is 24.1 Å². The van der Waals surface area contributed by atoms with Gasteiger partial charge in [0.15, 0.2) is 0 Å². The van der Waals surface area contributed by atoms with Crippen molar-refractivity contribution in [1.29, 1.82) is 0 Å². The van der Waals surface area contributed by atoms with Gasteiger partial charge in [-0.25, -0.2) is 13.4 Å². The second kappa shape index (κ2) is 13.6. The monoisotopic (exact) mass is 586 g/mol. The van der Waals surface area contributed by atoms with Crippen molar-refractivity contribution in [1.82, 2.24) is 4.98 Å². The Morgan fingerprint density at radius 1 is 0.825 bits per heavy atom. The van der Waals surface area contributed by atoms with Crippen molar-refractivity contribution in [3.8, 4) is 0 Å². The van der Waals surface area contributed by atoms with Gasteiger partial charge >= 0.3 is 0 Å². The van der Waals surface area contributed by atoms with Crippen LogP contribution in [0.15, 0.2) is 66.7 Å². The molecule has 214 valence electrons. The topological polar surface area (TPSA) is 155 Å². The lowest BCUT2D eigenvalue weighted by Gasteiger charge is -2.15. The highest BCUT2D eigenvalue weighted by Gasteiger charge is 2.12. The van der Waals surface area contributed by atoms with Crippen LogP contribution in [0.3, 0.4) is 0 Å². The minimum absolute atomic E-state index is 0.127. The lowest BCUT2D eigenvalue weighted by atomic mass is 10.1. The van der Waals surface area contributed by atoms with Crippen LogP contribution in [0.1, 0.15) is 39.5 Å². The number of para-hydroxylation sites is 1. The first-order valence-electron chi connectivity index (χ1n) is 12.7. The highest BCUT2D eigenvalue weighted by atomic mass is 32.2. The molecule has 10 nitrogen and oxygen atoms in total. The second-order valence-corrected chi connectivity index (χ2v) is 12.6. The zero-order chi connectivity index (χ0) is 29.3. The molecular formula is C28H34N4O6S2. The lowest BCUT2D eigenvalue weighted by molar-refractivity contribution is -0.114. The first kappa shape index (κ1) is 30.8. The third-order valence-electron chi connectivity index (χ3n) is 5.70. The van der Waals surface area contributed by atoms with E-state index in [2.05, 4.69) is 22.3 Å². The minimum Gasteiger partial charge on any atom is -0.354 e. The molecule has 0 saturated carbocycles. The first-order valence-corrected chi connectivity index (χ1v) is 16.2. The van der Waals surface area contributed by atoms with Gasteiger partial charge in [-0.05, 0) is 55.0 Å². The number of benzene rings is 3. The average molecular weight is 587 g/mol. The highest BCUT2D eigenvalue weighted by molar-refractivity contribution is 7.92. The Bertz CT molecular complexity index is 1680. The molecule has 1 amide bonds. The largest absolute Gasteiger partial charge is 0.354 e. The Kier molecular flexibility index (Phi) is 10.4. The standard InChI is InChI=1S/C27H30N4O3S.CH4O3S/c1-3-4-5-8-17-35(33,34)31-21-13-11-20(12-14-21)29-27-23-9-6-7-10-25(23)30-26-18-22(28-19(2)32)15-16-24(26)27;1-5(2,3)4/h6-7,9-16,18,31H,3-5,8,17H2,1-2H3,(H,28,32)(H,29,30);1H3,(H,2,3,4). The molecule has 0 fully saturated rings. The van der Waals surface area contributed by atoms with Gasteiger partial charge in [-0.15, -0.1) is 0 Å². The lowest BCUT2D eigenvalue weighted by Crippen LogP contribution is -2.16. The summed E-state index contributed by atoms with van der Waals surface area (Å²) in [7, 11) is -7.03. The number of hydrogen-bond donors (Lipinski definition) is 4. The second-order valence-electron chi connectivity index (χ2n) is 9.33. The average Bonchev–Trinajstić information content (AvgIpc) is 2.86. The van der Waals surface area contributed by atoms with Crippen LogP contribution in [-0.2, 0) is 24.9 Å². The van der Waals surface area contributed by atoms with Gasteiger partial charge in [0.25, 0.3) is 10.1 Å². The van der Waals surface area contributed by atoms with Crippen molar-refractivity contribution in [3.63, 3.8) is 0 Å².